The van der Waals surface area contributed by atoms with Gasteiger partial charge in [-0.15, -0.1) is 0 Å². The van der Waals surface area contributed by atoms with E-state index in [1.54, 1.807) is 6.33 Å². The fourth-order valence-corrected chi connectivity index (χ4v) is 1.95. The number of aromatic nitrogens is 2. The lowest BCUT2D eigenvalue weighted by Gasteiger charge is -2.21. The van der Waals surface area contributed by atoms with Gasteiger partial charge in [0.25, 0.3) is 0 Å². The van der Waals surface area contributed by atoms with Crippen LogP contribution in [0.25, 0.3) is 0 Å². The van der Waals surface area contributed by atoms with Crippen LogP contribution in [0.1, 0.15) is 26.0 Å². The van der Waals surface area contributed by atoms with Gasteiger partial charge >= 0.3 is 0 Å². The maximum atomic E-state index is 5.48. The molecule has 0 atom stereocenters. The molecule has 0 spiro atoms. The number of ether oxygens (including phenoxy) is 1. The molecule has 1 heterocycles. The van der Waals surface area contributed by atoms with Gasteiger partial charge in [-0.25, -0.2) is 9.97 Å². The highest BCUT2D eigenvalue weighted by Gasteiger charge is 2.06. The first kappa shape index (κ1) is 15.4. The quantitative estimate of drug-likeness (QED) is 0.519. The number of alkyl halides is 1. The van der Waals surface area contributed by atoms with Crippen molar-refractivity contribution in [2.45, 2.75) is 26.7 Å². The van der Waals surface area contributed by atoms with Crippen LogP contribution in [0, 0.1) is 0 Å². The van der Waals surface area contributed by atoms with Gasteiger partial charge in [0.15, 0.2) is 0 Å². The summed E-state index contributed by atoms with van der Waals surface area (Å²) in [5.74, 6) is 0.999. The van der Waals surface area contributed by atoms with Crippen molar-refractivity contribution in [3.8, 4) is 0 Å². The predicted octanol–water partition coefficient (Wildman–Crippen LogP) is 2.67. The van der Waals surface area contributed by atoms with Gasteiger partial charge in [0.2, 0.25) is 0 Å². The molecule has 0 unspecified atom stereocenters. The van der Waals surface area contributed by atoms with Crippen LogP contribution < -0.4 is 4.90 Å². The molecule has 102 valence electrons. The van der Waals surface area contributed by atoms with E-state index in [0.29, 0.717) is 0 Å². The van der Waals surface area contributed by atoms with Gasteiger partial charge in [0.05, 0.1) is 13.2 Å². The Balaban J connectivity index is 2.54. The Hall–Kier alpha value is -0.680. The van der Waals surface area contributed by atoms with Crippen LogP contribution in [0.4, 0.5) is 5.82 Å². The summed E-state index contributed by atoms with van der Waals surface area (Å²) in [5, 5.41) is 0.882. The number of likely N-dealkylation sites (N-methyl/N-ethyl adjacent to an activating group) is 1. The van der Waals surface area contributed by atoms with Gasteiger partial charge in [-0.2, -0.15) is 0 Å². The van der Waals surface area contributed by atoms with Crippen LogP contribution >= 0.6 is 15.9 Å². The molecule has 1 rings (SSSR count). The van der Waals surface area contributed by atoms with E-state index in [4.69, 9.17) is 4.74 Å². The molecule has 0 amide bonds. The van der Waals surface area contributed by atoms with E-state index in [2.05, 4.69) is 50.7 Å². The SMILES string of the molecule is CCCc1cc(N(CC)CCOCCBr)ncn1. The fourth-order valence-electron chi connectivity index (χ4n) is 1.72. The van der Waals surface area contributed by atoms with E-state index >= 15 is 0 Å². The minimum Gasteiger partial charge on any atom is -0.379 e. The summed E-state index contributed by atoms with van der Waals surface area (Å²) < 4.78 is 5.48. The molecule has 0 aliphatic rings. The van der Waals surface area contributed by atoms with E-state index < -0.39 is 0 Å². The van der Waals surface area contributed by atoms with Crippen molar-refractivity contribution >= 4 is 21.7 Å². The van der Waals surface area contributed by atoms with Crippen molar-refractivity contribution in [2.24, 2.45) is 0 Å². The maximum absolute atomic E-state index is 5.48. The first-order valence-corrected chi connectivity index (χ1v) is 7.63. The topological polar surface area (TPSA) is 38.2 Å². The van der Waals surface area contributed by atoms with Crippen molar-refractivity contribution in [3.05, 3.63) is 18.1 Å². The molecule has 18 heavy (non-hydrogen) atoms. The summed E-state index contributed by atoms with van der Waals surface area (Å²) in [7, 11) is 0. The van der Waals surface area contributed by atoms with Crippen LogP contribution in [-0.2, 0) is 11.2 Å². The van der Waals surface area contributed by atoms with E-state index in [1.807, 2.05) is 0 Å². The Morgan fingerprint density at radius 2 is 2.11 bits per heavy atom. The van der Waals surface area contributed by atoms with Crippen molar-refractivity contribution < 1.29 is 4.74 Å². The van der Waals surface area contributed by atoms with E-state index in [1.165, 1.54) is 0 Å². The zero-order valence-corrected chi connectivity index (χ0v) is 12.8. The predicted molar refractivity (Wildman–Crippen MR) is 78.5 cm³/mol. The second-order valence-electron chi connectivity index (χ2n) is 4.00. The number of halogens is 1. The first-order valence-electron chi connectivity index (χ1n) is 6.51. The van der Waals surface area contributed by atoms with E-state index in [0.717, 1.165) is 56.0 Å². The Bertz CT molecular complexity index is 336. The molecule has 0 aliphatic carbocycles. The number of nitrogens with zero attached hydrogens (tertiary/aromatic N) is 3. The molecule has 0 radical (unpaired) electrons. The van der Waals surface area contributed by atoms with E-state index in [9.17, 15) is 0 Å². The molecular weight excluding hydrogens is 294 g/mol. The van der Waals surface area contributed by atoms with Crippen molar-refractivity contribution in [3.63, 3.8) is 0 Å². The molecular formula is C13H22BrN3O. The third-order valence-corrected chi connectivity index (χ3v) is 2.97. The lowest BCUT2D eigenvalue weighted by molar-refractivity contribution is 0.157. The third kappa shape index (κ3) is 5.31. The largest absolute Gasteiger partial charge is 0.379 e. The summed E-state index contributed by atoms with van der Waals surface area (Å²) in [6.45, 7) is 7.57. The zero-order chi connectivity index (χ0) is 13.2. The average molecular weight is 316 g/mol. The summed E-state index contributed by atoms with van der Waals surface area (Å²) in [6.07, 6.45) is 3.77. The summed E-state index contributed by atoms with van der Waals surface area (Å²) in [5.41, 5.74) is 1.11. The molecule has 0 saturated carbocycles. The van der Waals surface area contributed by atoms with Crippen LogP contribution in [-0.4, -0.2) is 41.6 Å². The van der Waals surface area contributed by atoms with Gasteiger partial charge in [-0.05, 0) is 13.3 Å². The number of aryl methyl sites for hydroxylation is 1. The smallest absolute Gasteiger partial charge is 0.132 e. The molecule has 0 aliphatic heterocycles. The minimum atomic E-state index is 0.729. The van der Waals surface area contributed by atoms with Gasteiger partial charge in [-0.1, -0.05) is 29.3 Å². The molecule has 0 aromatic carbocycles. The minimum absolute atomic E-state index is 0.729. The third-order valence-electron chi connectivity index (χ3n) is 2.65. The van der Waals surface area contributed by atoms with Crippen molar-refractivity contribution in [1.82, 2.24) is 9.97 Å². The molecule has 0 bridgehead atoms. The number of rotatable bonds is 9. The Morgan fingerprint density at radius 1 is 1.28 bits per heavy atom. The second kappa shape index (κ2) is 9.28. The van der Waals surface area contributed by atoms with Gasteiger partial charge in [0.1, 0.15) is 12.1 Å². The Morgan fingerprint density at radius 3 is 2.78 bits per heavy atom. The van der Waals surface area contributed by atoms with Gasteiger partial charge < -0.3 is 9.64 Å². The average Bonchev–Trinajstić information content (AvgIpc) is 2.40. The molecule has 1 aromatic rings. The van der Waals surface area contributed by atoms with Crippen molar-refractivity contribution in [1.29, 1.82) is 0 Å². The number of hydrogen-bond donors (Lipinski definition) is 0. The van der Waals surface area contributed by atoms with Crippen molar-refractivity contribution in [2.75, 3.05) is 36.5 Å². The molecule has 4 nitrogen and oxygen atoms in total. The molecule has 5 heteroatoms. The highest BCUT2D eigenvalue weighted by Crippen LogP contribution is 2.11. The maximum Gasteiger partial charge on any atom is 0.132 e. The second-order valence-corrected chi connectivity index (χ2v) is 4.79. The summed E-state index contributed by atoms with van der Waals surface area (Å²) >= 11 is 3.35. The van der Waals surface area contributed by atoms with Crippen LogP contribution in [0.5, 0.6) is 0 Å². The van der Waals surface area contributed by atoms with Gasteiger partial charge in [-0.3, -0.25) is 0 Å². The normalized spacial score (nSPS) is 10.6. The Labute approximate surface area is 118 Å². The lowest BCUT2D eigenvalue weighted by atomic mass is 10.2. The Kier molecular flexibility index (Phi) is 7.93. The fraction of sp³-hybridized carbons (Fsp3) is 0.692. The van der Waals surface area contributed by atoms with Gasteiger partial charge in [0, 0.05) is 30.2 Å². The van der Waals surface area contributed by atoms with E-state index in [-0.39, 0.29) is 0 Å². The molecule has 1 aromatic heterocycles. The monoisotopic (exact) mass is 315 g/mol. The highest BCUT2D eigenvalue weighted by atomic mass is 79.9. The molecule has 0 N–H and O–H groups in total. The summed E-state index contributed by atoms with van der Waals surface area (Å²) in [4.78, 5) is 10.8. The molecule has 0 fully saturated rings. The summed E-state index contributed by atoms with van der Waals surface area (Å²) in [6, 6.07) is 2.08. The molecule has 0 saturated heterocycles. The first-order chi connectivity index (χ1) is 8.81. The lowest BCUT2D eigenvalue weighted by Crippen LogP contribution is -2.28. The standard InChI is InChI=1S/C13H22BrN3O/c1-3-5-12-10-13(16-11-15-12)17(4-2)7-9-18-8-6-14/h10-11H,3-9H2,1-2H3. The van der Waals surface area contributed by atoms with Crippen LogP contribution in [0.2, 0.25) is 0 Å². The van der Waals surface area contributed by atoms with Crippen LogP contribution in [0.3, 0.4) is 0 Å². The highest BCUT2D eigenvalue weighted by molar-refractivity contribution is 9.09. The number of hydrogen-bond acceptors (Lipinski definition) is 4. The zero-order valence-electron chi connectivity index (χ0n) is 11.2. The van der Waals surface area contributed by atoms with Crippen LogP contribution in [0.15, 0.2) is 12.4 Å². The number of anilines is 1.